The number of anilines is 1. The van der Waals surface area contributed by atoms with E-state index >= 15 is 0 Å². The molecule has 0 bridgehead atoms. The Morgan fingerprint density at radius 1 is 1.00 bits per heavy atom. The van der Waals surface area contributed by atoms with Gasteiger partial charge in [0.15, 0.2) is 6.61 Å². The Morgan fingerprint density at radius 2 is 1.69 bits per heavy atom. The smallest absolute Gasteiger partial charge is 0.341 e. The van der Waals surface area contributed by atoms with Crippen LogP contribution in [0.25, 0.3) is 0 Å². The van der Waals surface area contributed by atoms with Crippen LogP contribution in [-0.2, 0) is 9.53 Å². The second-order valence-electron chi connectivity index (χ2n) is 5.75. The summed E-state index contributed by atoms with van der Waals surface area (Å²) in [6.07, 6.45) is 2.62. The molecule has 1 fully saturated rings. The van der Waals surface area contributed by atoms with Gasteiger partial charge in [0.25, 0.3) is 5.91 Å². The van der Waals surface area contributed by atoms with Gasteiger partial charge >= 0.3 is 12.0 Å². The van der Waals surface area contributed by atoms with Gasteiger partial charge in [-0.3, -0.25) is 4.79 Å². The molecule has 0 saturated carbocycles. The molecule has 1 aliphatic heterocycles. The minimum atomic E-state index is -0.604. The van der Waals surface area contributed by atoms with E-state index in [-0.39, 0.29) is 24.1 Å². The molecule has 0 radical (unpaired) electrons. The molecule has 0 spiro atoms. The van der Waals surface area contributed by atoms with Crippen LogP contribution in [0, 0.1) is 0 Å². The maximum Gasteiger partial charge on any atom is 0.341 e. The van der Waals surface area contributed by atoms with Crippen molar-refractivity contribution < 1.29 is 23.5 Å². The molecule has 1 aromatic heterocycles. The number of rotatable bonds is 4. The number of piperazine rings is 1. The molecule has 8 heteroatoms. The maximum absolute atomic E-state index is 12.2. The molecule has 1 N–H and O–H groups in total. The summed E-state index contributed by atoms with van der Waals surface area (Å²) in [5.41, 5.74) is 0.988. The number of hydrogen-bond acceptors (Lipinski definition) is 5. The normalized spacial score (nSPS) is 14.0. The SMILES string of the molecule is O=C(OCC(=O)N1CCN(C(=O)Nc2ccccc2)CC1)c1ccoc1. The fourth-order valence-corrected chi connectivity index (χ4v) is 2.57. The predicted octanol–water partition coefficient (Wildman–Crippen LogP) is 1.81. The molecule has 3 amide bonds. The van der Waals surface area contributed by atoms with Crippen molar-refractivity contribution in [3.05, 3.63) is 54.5 Å². The average Bonchev–Trinajstić information content (AvgIpc) is 3.21. The van der Waals surface area contributed by atoms with Crippen molar-refractivity contribution in [2.24, 2.45) is 0 Å². The second-order valence-corrected chi connectivity index (χ2v) is 5.75. The van der Waals surface area contributed by atoms with Crippen molar-refractivity contribution in [2.45, 2.75) is 0 Å². The van der Waals surface area contributed by atoms with Gasteiger partial charge in [-0.05, 0) is 18.2 Å². The first-order valence-electron chi connectivity index (χ1n) is 8.21. The van der Waals surface area contributed by atoms with Gasteiger partial charge in [0.1, 0.15) is 6.26 Å². The summed E-state index contributed by atoms with van der Waals surface area (Å²) in [6, 6.07) is 10.5. The summed E-state index contributed by atoms with van der Waals surface area (Å²) >= 11 is 0. The average molecular weight is 357 g/mol. The van der Waals surface area contributed by atoms with Gasteiger partial charge in [-0.25, -0.2) is 9.59 Å². The van der Waals surface area contributed by atoms with E-state index in [9.17, 15) is 14.4 Å². The van der Waals surface area contributed by atoms with Crippen molar-refractivity contribution >= 4 is 23.6 Å². The summed E-state index contributed by atoms with van der Waals surface area (Å²) in [5.74, 6) is -0.891. The van der Waals surface area contributed by atoms with Crippen LogP contribution in [0.1, 0.15) is 10.4 Å². The van der Waals surface area contributed by atoms with E-state index in [1.165, 1.54) is 18.6 Å². The Morgan fingerprint density at radius 3 is 2.35 bits per heavy atom. The first kappa shape index (κ1) is 17.5. The number of hydrogen-bond donors (Lipinski definition) is 1. The molecular formula is C18H19N3O5. The zero-order valence-electron chi connectivity index (χ0n) is 14.1. The van der Waals surface area contributed by atoms with E-state index in [1.807, 2.05) is 30.3 Å². The van der Waals surface area contributed by atoms with Crippen molar-refractivity contribution in [3.63, 3.8) is 0 Å². The molecule has 1 aliphatic rings. The molecule has 0 aliphatic carbocycles. The number of urea groups is 1. The monoisotopic (exact) mass is 357 g/mol. The first-order valence-corrected chi connectivity index (χ1v) is 8.21. The highest BCUT2D eigenvalue weighted by Gasteiger charge is 2.25. The van der Waals surface area contributed by atoms with Crippen LogP contribution in [0.15, 0.2) is 53.3 Å². The van der Waals surface area contributed by atoms with Crippen LogP contribution < -0.4 is 5.32 Å². The molecule has 0 atom stereocenters. The molecule has 26 heavy (non-hydrogen) atoms. The number of furan rings is 1. The third-order valence-electron chi connectivity index (χ3n) is 4.03. The van der Waals surface area contributed by atoms with E-state index in [2.05, 4.69) is 5.32 Å². The van der Waals surface area contributed by atoms with Gasteiger partial charge < -0.3 is 24.3 Å². The van der Waals surface area contributed by atoms with Gasteiger partial charge in [-0.1, -0.05) is 18.2 Å². The minimum absolute atomic E-state index is 0.199. The zero-order chi connectivity index (χ0) is 18.4. The Labute approximate surface area is 150 Å². The number of carbonyl (C=O) groups is 3. The van der Waals surface area contributed by atoms with Crippen LogP contribution in [0.2, 0.25) is 0 Å². The number of carbonyl (C=O) groups excluding carboxylic acids is 3. The van der Waals surface area contributed by atoms with Gasteiger partial charge in [0, 0.05) is 31.9 Å². The highest BCUT2D eigenvalue weighted by molar-refractivity contribution is 5.91. The number of nitrogens with zero attached hydrogens (tertiary/aromatic N) is 2. The third kappa shape index (κ3) is 4.41. The standard InChI is InChI=1S/C18H19N3O5/c22-16(13-26-17(23)14-6-11-25-12-14)20-7-9-21(10-8-20)18(24)19-15-4-2-1-3-5-15/h1-6,11-12H,7-10,13H2,(H,19,24). The molecule has 136 valence electrons. The maximum atomic E-state index is 12.2. The number of nitrogens with one attached hydrogen (secondary N) is 1. The lowest BCUT2D eigenvalue weighted by molar-refractivity contribution is -0.135. The molecule has 2 heterocycles. The summed E-state index contributed by atoms with van der Waals surface area (Å²) < 4.78 is 9.77. The summed E-state index contributed by atoms with van der Waals surface area (Å²) in [6.45, 7) is 1.29. The van der Waals surface area contributed by atoms with Gasteiger partial charge in [0.2, 0.25) is 0 Å². The van der Waals surface area contributed by atoms with Crippen molar-refractivity contribution in [2.75, 3.05) is 38.1 Å². The van der Waals surface area contributed by atoms with Crippen LogP contribution in [0.3, 0.4) is 0 Å². The quantitative estimate of drug-likeness (QED) is 0.843. The Balaban J connectivity index is 1.42. The lowest BCUT2D eigenvalue weighted by Crippen LogP contribution is -2.52. The number of para-hydroxylation sites is 1. The summed E-state index contributed by atoms with van der Waals surface area (Å²) in [4.78, 5) is 39.3. The third-order valence-corrected chi connectivity index (χ3v) is 4.03. The Bertz CT molecular complexity index is 752. The van der Waals surface area contributed by atoms with Crippen LogP contribution in [0.4, 0.5) is 10.5 Å². The van der Waals surface area contributed by atoms with Gasteiger partial charge in [-0.15, -0.1) is 0 Å². The Hall–Kier alpha value is -3.29. The van der Waals surface area contributed by atoms with Crippen LogP contribution in [-0.4, -0.2) is 60.5 Å². The van der Waals surface area contributed by atoms with E-state index < -0.39 is 5.97 Å². The zero-order valence-corrected chi connectivity index (χ0v) is 14.1. The molecule has 8 nitrogen and oxygen atoms in total. The number of esters is 1. The van der Waals surface area contributed by atoms with E-state index in [4.69, 9.17) is 9.15 Å². The molecule has 1 aromatic carbocycles. The van der Waals surface area contributed by atoms with Gasteiger partial charge in [0.05, 0.1) is 11.8 Å². The molecule has 3 rings (SSSR count). The van der Waals surface area contributed by atoms with E-state index in [0.29, 0.717) is 26.2 Å². The van der Waals surface area contributed by atoms with E-state index in [0.717, 1.165) is 5.69 Å². The Kier molecular flexibility index (Phi) is 5.52. The summed E-state index contributed by atoms with van der Waals surface area (Å²) in [5, 5.41) is 2.82. The minimum Gasteiger partial charge on any atom is -0.472 e. The van der Waals surface area contributed by atoms with Gasteiger partial charge in [-0.2, -0.15) is 0 Å². The number of amides is 3. The lowest BCUT2D eigenvalue weighted by Gasteiger charge is -2.34. The van der Waals surface area contributed by atoms with Crippen molar-refractivity contribution in [1.29, 1.82) is 0 Å². The first-order chi connectivity index (χ1) is 12.6. The van der Waals surface area contributed by atoms with Crippen molar-refractivity contribution in [1.82, 2.24) is 9.80 Å². The largest absolute Gasteiger partial charge is 0.472 e. The van der Waals surface area contributed by atoms with Crippen LogP contribution in [0.5, 0.6) is 0 Å². The lowest BCUT2D eigenvalue weighted by atomic mass is 10.3. The van der Waals surface area contributed by atoms with Crippen molar-refractivity contribution in [3.8, 4) is 0 Å². The topological polar surface area (TPSA) is 92.1 Å². The number of ether oxygens (including phenoxy) is 1. The number of benzene rings is 1. The highest BCUT2D eigenvalue weighted by Crippen LogP contribution is 2.09. The van der Waals surface area contributed by atoms with E-state index in [1.54, 1.807) is 9.80 Å². The fourth-order valence-electron chi connectivity index (χ4n) is 2.57. The molecule has 1 saturated heterocycles. The molecular weight excluding hydrogens is 338 g/mol. The second kappa shape index (κ2) is 8.19. The highest BCUT2D eigenvalue weighted by atomic mass is 16.5. The summed E-state index contributed by atoms with van der Waals surface area (Å²) in [7, 11) is 0. The molecule has 2 aromatic rings. The predicted molar refractivity (Wildman–Crippen MR) is 92.6 cm³/mol. The molecule has 0 unspecified atom stereocenters. The van der Waals surface area contributed by atoms with Crippen LogP contribution >= 0.6 is 0 Å². The fraction of sp³-hybridized carbons (Fsp3) is 0.278.